The predicted octanol–water partition coefficient (Wildman–Crippen LogP) is 4.09. The highest BCUT2D eigenvalue weighted by Crippen LogP contribution is 2.31. The van der Waals surface area contributed by atoms with Gasteiger partial charge in [0.15, 0.2) is 17.0 Å². The normalized spacial score (nSPS) is 11.2. The monoisotopic (exact) mass is 413 g/mol. The number of nitrogens with one attached hydrogen (secondary N) is 1. The van der Waals surface area contributed by atoms with Gasteiger partial charge in [-0.25, -0.2) is 9.97 Å². The Balaban J connectivity index is 1.76. The van der Waals surface area contributed by atoms with Gasteiger partial charge < -0.3 is 16.0 Å². The van der Waals surface area contributed by atoms with Crippen LogP contribution >= 0.6 is 0 Å². The van der Waals surface area contributed by atoms with Crippen molar-refractivity contribution in [2.75, 3.05) is 37.2 Å². The number of anilines is 2. The molecule has 4 rings (SSSR count). The molecule has 0 unspecified atom stereocenters. The second-order valence-corrected chi connectivity index (χ2v) is 7.21. The number of rotatable bonds is 8. The van der Waals surface area contributed by atoms with Crippen molar-refractivity contribution in [1.82, 2.24) is 24.8 Å². The van der Waals surface area contributed by atoms with Crippen LogP contribution in [0.4, 0.5) is 11.8 Å². The Bertz CT molecular complexity index is 1140. The minimum absolute atomic E-state index is 0.319. The van der Waals surface area contributed by atoms with Gasteiger partial charge in [-0.05, 0) is 13.1 Å². The Morgan fingerprint density at radius 3 is 1.94 bits per heavy atom. The number of fused-ring (bicyclic) bond motifs is 1. The van der Waals surface area contributed by atoms with Crippen LogP contribution in [-0.2, 0) is 0 Å². The van der Waals surface area contributed by atoms with E-state index in [9.17, 15) is 0 Å². The molecular formula is C24H27N7. The summed E-state index contributed by atoms with van der Waals surface area (Å²) in [4.78, 5) is 21.1. The van der Waals surface area contributed by atoms with Crippen LogP contribution in [0.2, 0.25) is 0 Å². The van der Waals surface area contributed by atoms with Crippen LogP contribution in [0.3, 0.4) is 0 Å². The van der Waals surface area contributed by atoms with Crippen LogP contribution < -0.4 is 11.1 Å². The van der Waals surface area contributed by atoms with Gasteiger partial charge in [0.05, 0.1) is 11.4 Å². The number of nitrogen functional groups attached to an aromatic ring is 1. The number of nitrogens with two attached hydrogens (primary N) is 1. The van der Waals surface area contributed by atoms with Gasteiger partial charge in [0, 0.05) is 24.2 Å². The second kappa shape index (κ2) is 9.49. The van der Waals surface area contributed by atoms with Crippen LogP contribution in [0.1, 0.15) is 13.8 Å². The molecule has 7 heteroatoms. The van der Waals surface area contributed by atoms with E-state index < -0.39 is 0 Å². The highest BCUT2D eigenvalue weighted by Gasteiger charge is 2.16. The van der Waals surface area contributed by atoms with E-state index in [2.05, 4.69) is 34.0 Å². The van der Waals surface area contributed by atoms with Crippen LogP contribution in [0, 0.1) is 0 Å². The fourth-order valence-electron chi connectivity index (χ4n) is 3.51. The number of likely N-dealkylation sites (N-methyl/N-ethyl adjacent to an activating group) is 1. The molecular weight excluding hydrogens is 386 g/mol. The fraction of sp³-hybridized carbons (Fsp3) is 0.250. The summed E-state index contributed by atoms with van der Waals surface area (Å²) in [5.41, 5.74) is 10.7. The topological polar surface area (TPSA) is 92.8 Å². The molecule has 4 aromatic rings. The average molecular weight is 414 g/mol. The highest BCUT2D eigenvalue weighted by atomic mass is 15.2. The van der Waals surface area contributed by atoms with Gasteiger partial charge in [0.25, 0.3) is 0 Å². The third kappa shape index (κ3) is 4.62. The van der Waals surface area contributed by atoms with Crippen LogP contribution in [0.5, 0.6) is 0 Å². The van der Waals surface area contributed by atoms with Gasteiger partial charge in [-0.1, -0.05) is 74.5 Å². The van der Waals surface area contributed by atoms with E-state index in [1.807, 2.05) is 60.7 Å². The molecule has 158 valence electrons. The maximum Gasteiger partial charge on any atom is 0.226 e. The number of hydrogen-bond donors (Lipinski definition) is 2. The molecule has 0 bridgehead atoms. The molecule has 0 amide bonds. The van der Waals surface area contributed by atoms with Crippen LogP contribution in [0.25, 0.3) is 33.7 Å². The summed E-state index contributed by atoms with van der Waals surface area (Å²) in [7, 11) is 0. The van der Waals surface area contributed by atoms with Crippen molar-refractivity contribution in [3.8, 4) is 22.5 Å². The summed E-state index contributed by atoms with van der Waals surface area (Å²) in [5, 5.41) is 3.27. The molecule has 0 radical (unpaired) electrons. The smallest absolute Gasteiger partial charge is 0.226 e. The van der Waals surface area contributed by atoms with E-state index in [1.165, 1.54) is 0 Å². The molecule has 0 atom stereocenters. The van der Waals surface area contributed by atoms with E-state index in [-0.39, 0.29) is 0 Å². The summed E-state index contributed by atoms with van der Waals surface area (Å²) < 4.78 is 0. The van der Waals surface area contributed by atoms with Crippen molar-refractivity contribution in [1.29, 1.82) is 0 Å². The zero-order valence-corrected chi connectivity index (χ0v) is 17.9. The second-order valence-electron chi connectivity index (χ2n) is 7.21. The summed E-state index contributed by atoms with van der Waals surface area (Å²) in [5.74, 6) is 0.789. The summed E-state index contributed by atoms with van der Waals surface area (Å²) >= 11 is 0. The molecule has 2 heterocycles. The van der Waals surface area contributed by atoms with E-state index in [4.69, 9.17) is 15.7 Å². The molecule has 2 aromatic heterocycles. The van der Waals surface area contributed by atoms with Gasteiger partial charge in [-0.15, -0.1) is 0 Å². The third-order valence-corrected chi connectivity index (χ3v) is 5.26. The van der Waals surface area contributed by atoms with Crippen molar-refractivity contribution in [2.45, 2.75) is 13.8 Å². The first-order valence-corrected chi connectivity index (χ1v) is 10.6. The minimum Gasteiger partial charge on any atom is -0.382 e. The summed E-state index contributed by atoms with van der Waals surface area (Å²) in [6, 6.07) is 20.0. The standard InChI is InChI=1S/C24H27N7/c1-3-31(4-2)16-15-26-24-29-22(25)21-23(30-24)28-20(18-13-9-6-10-14-18)19(27-21)17-11-7-5-8-12-17/h5-14H,3-4,15-16H2,1-2H3,(H3,25,26,28,29,30). The van der Waals surface area contributed by atoms with Crippen LogP contribution in [-0.4, -0.2) is 51.0 Å². The molecule has 2 aromatic carbocycles. The maximum atomic E-state index is 6.27. The molecule has 0 aliphatic heterocycles. The number of nitrogens with zero attached hydrogens (tertiary/aromatic N) is 5. The van der Waals surface area contributed by atoms with Gasteiger partial charge in [-0.3, -0.25) is 0 Å². The Labute approximate surface area is 182 Å². The Morgan fingerprint density at radius 1 is 0.774 bits per heavy atom. The van der Waals surface area contributed by atoms with E-state index in [0.29, 0.717) is 22.9 Å². The van der Waals surface area contributed by atoms with E-state index >= 15 is 0 Å². The molecule has 0 aliphatic rings. The van der Waals surface area contributed by atoms with E-state index in [0.717, 1.165) is 48.7 Å². The Morgan fingerprint density at radius 2 is 1.35 bits per heavy atom. The molecule has 0 saturated carbocycles. The Hall–Kier alpha value is -3.58. The van der Waals surface area contributed by atoms with Crippen molar-refractivity contribution in [2.24, 2.45) is 0 Å². The molecule has 31 heavy (non-hydrogen) atoms. The molecule has 7 nitrogen and oxygen atoms in total. The minimum atomic E-state index is 0.319. The van der Waals surface area contributed by atoms with Crippen molar-refractivity contribution < 1.29 is 0 Å². The zero-order chi connectivity index (χ0) is 21.6. The lowest BCUT2D eigenvalue weighted by atomic mass is 10.0. The molecule has 0 saturated heterocycles. The SMILES string of the molecule is CCN(CC)CCNc1nc(N)c2nc(-c3ccccc3)c(-c3ccccc3)nc2n1. The molecule has 0 aliphatic carbocycles. The van der Waals surface area contributed by atoms with Crippen molar-refractivity contribution >= 4 is 22.9 Å². The van der Waals surface area contributed by atoms with Gasteiger partial charge in [0.2, 0.25) is 5.95 Å². The quantitative estimate of drug-likeness (QED) is 0.449. The lowest BCUT2D eigenvalue weighted by molar-refractivity contribution is 0.316. The largest absolute Gasteiger partial charge is 0.382 e. The average Bonchev–Trinajstić information content (AvgIpc) is 2.82. The lowest BCUT2D eigenvalue weighted by Crippen LogP contribution is -2.29. The molecule has 3 N–H and O–H groups in total. The first-order valence-electron chi connectivity index (χ1n) is 10.6. The summed E-state index contributed by atoms with van der Waals surface area (Å²) in [6.07, 6.45) is 0. The van der Waals surface area contributed by atoms with Gasteiger partial charge in [-0.2, -0.15) is 9.97 Å². The van der Waals surface area contributed by atoms with Crippen molar-refractivity contribution in [3.63, 3.8) is 0 Å². The van der Waals surface area contributed by atoms with Crippen molar-refractivity contribution in [3.05, 3.63) is 60.7 Å². The van der Waals surface area contributed by atoms with Gasteiger partial charge >= 0.3 is 0 Å². The third-order valence-electron chi connectivity index (χ3n) is 5.26. The first-order chi connectivity index (χ1) is 15.2. The van der Waals surface area contributed by atoms with Crippen LogP contribution in [0.15, 0.2) is 60.7 Å². The molecule has 0 fully saturated rings. The Kier molecular flexibility index (Phi) is 6.33. The molecule has 0 spiro atoms. The lowest BCUT2D eigenvalue weighted by Gasteiger charge is -2.18. The number of hydrogen-bond acceptors (Lipinski definition) is 7. The van der Waals surface area contributed by atoms with E-state index in [1.54, 1.807) is 0 Å². The predicted molar refractivity (Wildman–Crippen MR) is 127 cm³/mol. The summed E-state index contributed by atoms with van der Waals surface area (Å²) in [6.45, 7) is 7.95. The maximum absolute atomic E-state index is 6.27. The number of aromatic nitrogens is 4. The van der Waals surface area contributed by atoms with Gasteiger partial charge in [0.1, 0.15) is 0 Å². The zero-order valence-electron chi connectivity index (χ0n) is 17.9. The highest BCUT2D eigenvalue weighted by molar-refractivity contribution is 5.89. The number of benzene rings is 2. The first kappa shape index (κ1) is 20.7. The fourth-order valence-corrected chi connectivity index (χ4v) is 3.51.